The maximum Gasteiger partial charge on any atom is 0.278 e. The molecule has 2 aromatic rings. The molecule has 2 aromatic carbocycles. The van der Waals surface area contributed by atoms with E-state index in [2.05, 4.69) is 0 Å². The van der Waals surface area contributed by atoms with Gasteiger partial charge >= 0.3 is 0 Å². The number of hydrogen-bond donors (Lipinski definition) is 1. The van der Waals surface area contributed by atoms with Crippen molar-refractivity contribution >= 4 is 17.4 Å². The first-order valence-electron chi connectivity index (χ1n) is 10.8. The Balaban J connectivity index is 1.77. The van der Waals surface area contributed by atoms with Gasteiger partial charge in [0.2, 0.25) is 0 Å². The molecule has 2 aliphatic rings. The minimum atomic E-state index is -0.327. The van der Waals surface area contributed by atoms with Gasteiger partial charge in [0.05, 0.1) is 26.3 Å². The van der Waals surface area contributed by atoms with Crippen LogP contribution >= 0.6 is 0 Å². The van der Waals surface area contributed by atoms with Crippen LogP contribution in [0, 0.1) is 5.92 Å². The highest BCUT2D eigenvalue weighted by atomic mass is 16.5. The fourth-order valence-electron chi connectivity index (χ4n) is 4.44. The Bertz CT molecular complexity index is 1030. The van der Waals surface area contributed by atoms with Gasteiger partial charge in [0, 0.05) is 19.7 Å². The fraction of sp³-hybridized carbons (Fsp3) is 0.360. The largest absolute Gasteiger partial charge is 0.493 e. The third-order valence-electron chi connectivity index (χ3n) is 6.09. The molecule has 0 radical (unpaired) electrons. The molecule has 1 N–H and O–H groups in total. The minimum absolute atomic E-state index is 0.0609. The minimum Gasteiger partial charge on any atom is -0.493 e. The number of ether oxygens (including phenoxy) is 2. The standard InChI is InChI=1S/C25H28N2O5/c1-31-20-11-10-19(13-21(20)32-2)22-23(26-12-6-9-18(14-26)16-28)25(30)27(24(22)29)15-17-7-4-3-5-8-17/h3-5,7-8,10-11,13,18,28H,6,9,12,14-16H2,1-2H3. The zero-order valence-corrected chi connectivity index (χ0v) is 18.4. The molecule has 0 bridgehead atoms. The Morgan fingerprint density at radius 1 is 1.00 bits per heavy atom. The molecule has 2 amide bonds. The van der Waals surface area contributed by atoms with Gasteiger partial charge in [0.25, 0.3) is 11.8 Å². The molecule has 1 fully saturated rings. The number of carbonyl (C=O) groups is 2. The lowest BCUT2D eigenvalue weighted by molar-refractivity contribution is -0.138. The summed E-state index contributed by atoms with van der Waals surface area (Å²) in [6, 6.07) is 14.7. The van der Waals surface area contributed by atoms with Crippen molar-refractivity contribution in [2.75, 3.05) is 33.9 Å². The van der Waals surface area contributed by atoms with Gasteiger partial charge in [0.1, 0.15) is 5.70 Å². The van der Waals surface area contributed by atoms with Crippen LogP contribution in [-0.2, 0) is 16.1 Å². The number of carbonyl (C=O) groups excluding carboxylic acids is 2. The number of rotatable bonds is 7. The number of aliphatic hydroxyl groups excluding tert-OH is 1. The highest BCUT2D eigenvalue weighted by Gasteiger charge is 2.42. The molecule has 7 nitrogen and oxygen atoms in total. The monoisotopic (exact) mass is 436 g/mol. The summed E-state index contributed by atoms with van der Waals surface area (Å²) < 4.78 is 10.8. The molecule has 1 saturated heterocycles. The van der Waals surface area contributed by atoms with Gasteiger partial charge in [-0.15, -0.1) is 0 Å². The van der Waals surface area contributed by atoms with E-state index in [-0.39, 0.29) is 30.9 Å². The number of likely N-dealkylation sites (tertiary alicyclic amines) is 1. The Hall–Kier alpha value is -3.32. The van der Waals surface area contributed by atoms with Gasteiger partial charge in [-0.1, -0.05) is 36.4 Å². The molecule has 1 unspecified atom stereocenters. The van der Waals surface area contributed by atoms with Crippen molar-refractivity contribution in [3.05, 3.63) is 65.4 Å². The van der Waals surface area contributed by atoms with Gasteiger partial charge in [-0.25, -0.2) is 0 Å². The lowest BCUT2D eigenvalue weighted by Gasteiger charge is -2.34. The second-order valence-electron chi connectivity index (χ2n) is 8.11. The van der Waals surface area contributed by atoms with E-state index in [4.69, 9.17) is 9.47 Å². The van der Waals surface area contributed by atoms with Gasteiger partial charge in [-0.2, -0.15) is 0 Å². The average Bonchev–Trinajstić information content (AvgIpc) is 3.09. The van der Waals surface area contributed by atoms with Crippen LogP contribution in [0.2, 0.25) is 0 Å². The number of piperidine rings is 1. The number of benzene rings is 2. The van der Waals surface area contributed by atoms with E-state index in [1.807, 2.05) is 35.2 Å². The molecule has 1 atom stereocenters. The summed E-state index contributed by atoms with van der Waals surface area (Å²) in [4.78, 5) is 30.4. The smallest absolute Gasteiger partial charge is 0.278 e. The molecule has 4 rings (SSSR count). The molecule has 2 aliphatic heterocycles. The second-order valence-corrected chi connectivity index (χ2v) is 8.11. The molecular formula is C25H28N2O5. The van der Waals surface area contributed by atoms with E-state index in [0.717, 1.165) is 18.4 Å². The summed E-state index contributed by atoms with van der Waals surface area (Å²) in [5.41, 5.74) is 2.26. The van der Waals surface area contributed by atoms with Crippen LogP contribution in [0.25, 0.3) is 5.57 Å². The molecule has 0 spiro atoms. The number of hydrogen-bond acceptors (Lipinski definition) is 6. The summed E-state index contributed by atoms with van der Waals surface area (Å²) >= 11 is 0. The van der Waals surface area contributed by atoms with Gasteiger partial charge < -0.3 is 19.5 Å². The maximum atomic E-state index is 13.6. The Kier molecular flexibility index (Phi) is 6.46. The van der Waals surface area contributed by atoms with E-state index < -0.39 is 0 Å². The van der Waals surface area contributed by atoms with Crippen LogP contribution in [0.5, 0.6) is 11.5 Å². The number of methoxy groups -OCH3 is 2. The predicted octanol–water partition coefficient (Wildman–Crippen LogP) is 2.69. The lowest BCUT2D eigenvalue weighted by atomic mass is 9.96. The maximum absolute atomic E-state index is 13.6. The number of amides is 2. The van der Waals surface area contributed by atoms with Crippen LogP contribution in [0.1, 0.15) is 24.0 Å². The first-order chi connectivity index (χ1) is 15.6. The van der Waals surface area contributed by atoms with Crippen LogP contribution in [0.15, 0.2) is 54.2 Å². The SMILES string of the molecule is COc1ccc(C2=C(N3CCCC(CO)C3)C(=O)N(Cc3ccccc3)C2=O)cc1OC. The van der Waals surface area contributed by atoms with Crippen molar-refractivity contribution in [2.24, 2.45) is 5.92 Å². The van der Waals surface area contributed by atoms with Crippen LogP contribution in [0.4, 0.5) is 0 Å². The summed E-state index contributed by atoms with van der Waals surface area (Å²) in [5.74, 6) is 0.489. The first-order valence-corrected chi connectivity index (χ1v) is 10.8. The van der Waals surface area contributed by atoms with Crippen molar-refractivity contribution in [2.45, 2.75) is 19.4 Å². The van der Waals surface area contributed by atoms with Crippen molar-refractivity contribution in [3.8, 4) is 11.5 Å². The predicted molar refractivity (Wildman–Crippen MR) is 120 cm³/mol. The lowest BCUT2D eigenvalue weighted by Crippen LogP contribution is -2.40. The van der Waals surface area contributed by atoms with Crippen LogP contribution < -0.4 is 9.47 Å². The first kappa shape index (κ1) is 21.9. The molecule has 7 heteroatoms. The summed E-state index contributed by atoms with van der Waals surface area (Å²) in [5, 5.41) is 9.69. The van der Waals surface area contributed by atoms with E-state index in [9.17, 15) is 14.7 Å². The van der Waals surface area contributed by atoms with Gasteiger partial charge in [0.15, 0.2) is 11.5 Å². The van der Waals surface area contributed by atoms with Crippen molar-refractivity contribution < 1.29 is 24.2 Å². The number of nitrogens with zero attached hydrogens (tertiary/aromatic N) is 2. The van der Waals surface area contributed by atoms with Crippen molar-refractivity contribution in [3.63, 3.8) is 0 Å². The Labute approximate surface area is 187 Å². The third-order valence-corrected chi connectivity index (χ3v) is 6.09. The van der Waals surface area contributed by atoms with Crippen molar-refractivity contribution in [1.29, 1.82) is 0 Å². The summed E-state index contributed by atoms with van der Waals surface area (Å²) in [7, 11) is 3.09. The topological polar surface area (TPSA) is 79.3 Å². The molecular weight excluding hydrogens is 408 g/mol. The fourth-order valence-corrected chi connectivity index (χ4v) is 4.44. The Morgan fingerprint density at radius 2 is 1.75 bits per heavy atom. The third kappa shape index (κ3) is 4.08. The summed E-state index contributed by atoms with van der Waals surface area (Å²) in [6.07, 6.45) is 1.76. The molecule has 0 aromatic heterocycles. The molecule has 168 valence electrons. The average molecular weight is 437 g/mol. The highest BCUT2D eigenvalue weighted by Crippen LogP contribution is 2.38. The normalized spacial score (nSPS) is 19.0. The van der Waals surface area contributed by atoms with Gasteiger partial charge in [-0.3, -0.25) is 14.5 Å². The van der Waals surface area contributed by atoms with E-state index in [0.29, 0.717) is 41.4 Å². The second kappa shape index (κ2) is 9.44. The Morgan fingerprint density at radius 3 is 2.44 bits per heavy atom. The van der Waals surface area contributed by atoms with E-state index in [1.54, 1.807) is 25.3 Å². The summed E-state index contributed by atoms with van der Waals surface area (Å²) in [6.45, 7) is 1.48. The van der Waals surface area contributed by atoms with Crippen LogP contribution in [0.3, 0.4) is 0 Å². The quantitative estimate of drug-likeness (QED) is 0.673. The molecule has 2 heterocycles. The van der Waals surface area contributed by atoms with Crippen LogP contribution in [-0.4, -0.2) is 60.6 Å². The number of aliphatic hydroxyl groups is 1. The van der Waals surface area contributed by atoms with E-state index >= 15 is 0 Å². The van der Waals surface area contributed by atoms with E-state index in [1.165, 1.54) is 12.0 Å². The zero-order chi connectivity index (χ0) is 22.7. The molecule has 0 aliphatic carbocycles. The highest BCUT2D eigenvalue weighted by molar-refractivity contribution is 6.35. The number of imide groups is 1. The zero-order valence-electron chi connectivity index (χ0n) is 18.4. The van der Waals surface area contributed by atoms with Crippen molar-refractivity contribution in [1.82, 2.24) is 9.80 Å². The molecule has 0 saturated carbocycles. The van der Waals surface area contributed by atoms with Gasteiger partial charge in [-0.05, 0) is 42.0 Å². The molecule has 32 heavy (non-hydrogen) atoms.